The van der Waals surface area contributed by atoms with Crippen LogP contribution in [0.1, 0.15) is 57.8 Å². The van der Waals surface area contributed by atoms with Gasteiger partial charge in [0.05, 0.1) is 40.1 Å². The van der Waals surface area contributed by atoms with Gasteiger partial charge in [0.25, 0.3) is 0 Å². The van der Waals surface area contributed by atoms with Gasteiger partial charge in [-0.25, -0.2) is 0 Å². The van der Waals surface area contributed by atoms with Gasteiger partial charge < -0.3 is 28.5 Å². The Morgan fingerprint density at radius 2 is 1.09 bits per heavy atom. The summed E-state index contributed by atoms with van der Waals surface area (Å²) in [7, 11) is 4.20. The molecule has 0 aliphatic heterocycles. The summed E-state index contributed by atoms with van der Waals surface area (Å²) in [6.07, 6.45) is -0.446. The summed E-state index contributed by atoms with van der Waals surface area (Å²) >= 11 is 0. The molecule has 0 fully saturated rings. The van der Waals surface area contributed by atoms with Crippen LogP contribution >= 0.6 is 0 Å². The molecule has 0 heterocycles. The third-order valence-electron chi connectivity index (χ3n) is 6.79. The summed E-state index contributed by atoms with van der Waals surface area (Å²) in [5.41, 5.74) is 0.688. The fourth-order valence-corrected chi connectivity index (χ4v) is 5.11. The first-order valence-electron chi connectivity index (χ1n) is 11.5. The number of ether oxygens (including phenoxy) is 4. The van der Waals surface area contributed by atoms with Crippen molar-refractivity contribution in [3.05, 3.63) is 47.5 Å². The Kier molecular flexibility index (Phi) is 8.72. The van der Waals surface area contributed by atoms with Crippen molar-refractivity contribution in [1.29, 1.82) is 0 Å². The summed E-state index contributed by atoms with van der Waals surface area (Å²) in [6, 6.07) is 11.6. The van der Waals surface area contributed by atoms with E-state index in [1.807, 2.05) is 50.2 Å². The molecule has 2 aromatic rings. The van der Waals surface area contributed by atoms with Crippen molar-refractivity contribution in [2.24, 2.45) is 0 Å². The van der Waals surface area contributed by atoms with Crippen LogP contribution in [0.5, 0.6) is 23.0 Å². The number of benzene rings is 2. The summed E-state index contributed by atoms with van der Waals surface area (Å²) in [4.78, 5) is 0. The molecule has 7 heteroatoms. The minimum Gasteiger partial charge on any atom is -0.493 e. The molecule has 34 heavy (non-hydrogen) atoms. The van der Waals surface area contributed by atoms with Gasteiger partial charge in [-0.15, -0.1) is 0 Å². The fraction of sp³-hybridized carbons (Fsp3) is 0.556. The molecule has 2 atom stereocenters. The Labute approximate surface area is 206 Å². The highest BCUT2D eigenvalue weighted by Gasteiger charge is 2.45. The maximum Gasteiger partial charge on any atom is 0.192 e. The molecule has 2 rings (SSSR count). The Hall–Kier alpha value is -2.22. The van der Waals surface area contributed by atoms with Gasteiger partial charge in [0.1, 0.15) is 0 Å². The largest absolute Gasteiger partial charge is 0.493 e. The van der Waals surface area contributed by atoms with E-state index in [-0.39, 0.29) is 5.04 Å². The average Bonchev–Trinajstić information content (AvgIpc) is 2.76. The topological polar surface area (TPSA) is 66.4 Å². The van der Waals surface area contributed by atoms with E-state index in [1.54, 1.807) is 28.4 Å². The molecular weight excluding hydrogens is 448 g/mol. The molecule has 6 nitrogen and oxygen atoms in total. The first kappa shape index (κ1) is 28.0. The lowest BCUT2D eigenvalue weighted by Crippen LogP contribution is -2.45. The predicted octanol–water partition coefficient (Wildman–Crippen LogP) is 6.34. The van der Waals surface area contributed by atoms with E-state index in [9.17, 15) is 5.11 Å². The molecule has 0 bridgehead atoms. The van der Waals surface area contributed by atoms with Gasteiger partial charge in [0, 0.05) is 5.92 Å². The maximum absolute atomic E-state index is 11.5. The third-order valence-corrected chi connectivity index (χ3v) is 11.3. The van der Waals surface area contributed by atoms with E-state index in [0.29, 0.717) is 23.0 Å². The van der Waals surface area contributed by atoms with Gasteiger partial charge in [0.2, 0.25) is 0 Å². The maximum atomic E-state index is 11.5. The molecule has 0 unspecified atom stereocenters. The first-order chi connectivity index (χ1) is 15.7. The standard InChI is InChI=1S/C27H42O6Si/c1-26(2,3)34(10,11)33-25(19-13-15-21(30-7)23(17-19)32-9)24(27(4,5)28)18-12-14-20(29-6)22(16-18)31-8/h12-17,24-25,28H,1-11H3/t24-,25+/m1/s1. The lowest BCUT2D eigenvalue weighted by Gasteiger charge is -2.44. The van der Waals surface area contributed by atoms with Crippen molar-refractivity contribution in [2.75, 3.05) is 28.4 Å². The van der Waals surface area contributed by atoms with Crippen molar-refractivity contribution < 1.29 is 28.5 Å². The van der Waals surface area contributed by atoms with Crippen LogP contribution in [0.4, 0.5) is 0 Å². The second-order valence-electron chi connectivity index (χ2n) is 10.7. The van der Waals surface area contributed by atoms with Gasteiger partial charge in [-0.1, -0.05) is 32.9 Å². The van der Waals surface area contributed by atoms with Gasteiger partial charge in [-0.3, -0.25) is 0 Å². The zero-order valence-corrected chi connectivity index (χ0v) is 23.6. The van der Waals surface area contributed by atoms with Crippen LogP contribution in [-0.2, 0) is 4.43 Å². The molecule has 190 valence electrons. The predicted molar refractivity (Wildman–Crippen MR) is 139 cm³/mol. The minimum atomic E-state index is -2.25. The van der Waals surface area contributed by atoms with Crippen molar-refractivity contribution in [1.82, 2.24) is 0 Å². The lowest BCUT2D eigenvalue weighted by atomic mass is 9.78. The third kappa shape index (κ3) is 6.06. The Morgan fingerprint density at radius 1 is 0.676 bits per heavy atom. The highest BCUT2D eigenvalue weighted by molar-refractivity contribution is 6.74. The molecule has 0 spiro atoms. The summed E-state index contributed by atoms with van der Waals surface area (Å²) in [6.45, 7) is 14.7. The molecule has 0 radical (unpaired) electrons. The normalized spacial score (nSPS) is 14.4. The monoisotopic (exact) mass is 490 g/mol. The molecule has 1 N–H and O–H groups in total. The molecule has 2 aromatic carbocycles. The summed E-state index contributed by atoms with van der Waals surface area (Å²) in [5, 5.41) is 11.5. The van der Waals surface area contributed by atoms with Crippen LogP contribution in [0, 0.1) is 0 Å². The summed E-state index contributed by atoms with van der Waals surface area (Å²) < 4.78 is 29.1. The SMILES string of the molecule is COc1ccc([C@H]([C@@H](O[Si](C)(C)C(C)(C)C)c2ccc(OC)c(OC)c2)C(C)(C)O)cc1OC. The first-order valence-corrected chi connectivity index (χ1v) is 14.4. The van der Waals surface area contributed by atoms with E-state index in [1.165, 1.54) is 0 Å². The summed E-state index contributed by atoms with van der Waals surface area (Å²) in [5.74, 6) is 2.09. The molecule has 0 aliphatic carbocycles. The van der Waals surface area contributed by atoms with E-state index in [0.717, 1.165) is 11.1 Å². The molecule has 0 amide bonds. The van der Waals surface area contributed by atoms with Crippen LogP contribution in [0.2, 0.25) is 18.1 Å². The van der Waals surface area contributed by atoms with Crippen molar-refractivity contribution in [2.45, 2.75) is 70.4 Å². The van der Waals surface area contributed by atoms with Crippen LogP contribution in [0.25, 0.3) is 0 Å². The van der Waals surface area contributed by atoms with Crippen LogP contribution in [0.15, 0.2) is 36.4 Å². The van der Waals surface area contributed by atoms with E-state index in [4.69, 9.17) is 23.4 Å². The van der Waals surface area contributed by atoms with E-state index >= 15 is 0 Å². The van der Waals surface area contributed by atoms with Crippen LogP contribution < -0.4 is 18.9 Å². The number of rotatable bonds is 10. The molecule has 0 saturated heterocycles. The number of aliphatic hydroxyl groups is 1. The second kappa shape index (κ2) is 10.6. The number of hydrogen-bond acceptors (Lipinski definition) is 6. The van der Waals surface area contributed by atoms with Gasteiger partial charge in [-0.2, -0.15) is 0 Å². The van der Waals surface area contributed by atoms with Crippen molar-refractivity contribution in [3.8, 4) is 23.0 Å². The van der Waals surface area contributed by atoms with Crippen LogP contribution in [0.3, 0.4) is 0 Å². The average molecular weight is 491 g/mol. The fourth-order valence-electron chi connectivity index (χ4n) is 3.85. The van der Waals surface area contributed by atoms with Gasteiger partial charge in [-0.05, 0) is 67.4 Å². The number of methoxy groups -OCH3 is 4. The Balaban J connectivity index is 2.78. The van der Waals surface area contributed by atoms with Gasteiger partial charge in [0.15, 0.2) is 31.3 Å². The smallest absolute Gasteiger partial charge is 0.192 e. The zero-order valence-electron chi connectivity index (χ0n) is 22.6. The van der Waals surface area contributed by atoms with Gasteiger partial charge >= 0.3 is 0 Å². The molecular formula is C27H42O6Si. The van der Waals surface area contributed by atoms with E-state index in [2.05, 4.69) is 33.9 Å². The zero-order chi connectivity index (χ0) is 25.9. The van der Waals surface area contributed by atoms with Crippen molar-refractivity contribution >= 4 is 8.32 Å². The molecule has 0 aromatic heterocycles. The van der Waals surface area contributed by atoms with Crippen LogP contribution in [-0.4, -0.2) is 47.5 Å². The highest BCUT2D eigenvalue weighted by Crippen LogP contribution is 2.49. The number of hydrogen-bond donors (Lipinski definition) is 1. The Bertz CT molecular complexity index is 959. The Morgan fingerprint density at radius 3 is 1.47 bits per heavy atom. The highest BCUT2D eigenvalue weighted by atomic mass is 28.4. The lowest BCUT2D eigenvalue weighted by molar-refractivity contribution is -0.00493. The molecule has 0 saturated carbocycles. The van der Waals surface area contributed by atoms with Crippen molar-refractivity contribution in [3.63, 3.8) is 0 Å². The van der Waals surface area contributed by atoms with E-state index < -0.39 is 25.9 Å². The second-order valence-corrected chi connectivity index (χ2v) is 15.4. The quantitative estimate of drug-likeness (QED) is 0.392. The minimum absolute atomic E-state index is 0.0243. The molecule has 0 aliphatic rings.